The molecule has 1 aromatic carbocycles. The zero-order valence-electron chi connectivity index (χ0n) is 21.0. The maximum atomic E-state index is 12.9. The number of aliphatic hydroxyl groups is 1. The van der Waals surface area contributed by atoms with Crippen molar-refractivity contribution in [2.75, 3.05) is 19.7 Å². The molecule has 0 aliphatic carbocycles. The van der Waals surface area contributed by atoms with Crippen molar-refractivity contribution in [2.45, 2.75) is 76.7 Å². The van der Waals surface area contributed by atoms with Gasteiger partial charge in [-0.3, -0.25) is 4.79 Å². The van der Waals surface area contributed by atoms with E-state index < -0.39 is 6.61 Å². The van der Waals surface area contributed by atoms with E-state index in [0.29, 0.717) is 26.1 Å². The van der Waals surface area contributed by atoms with Crippen molar-refractivity contribution >= 4 is 29.1 Å². The van der Waals surface area contributed by atoms with Crippen LogP contribution in [0.5, 0.6) is 0 Å². The molecule has 0 aliphatic heterocycles. The van der Waals surface area contributed by atoms with Crippen molar-refractivity contribution in [3.63, 3.8) is 0 Å². The minimum Gasteiger partial charge on any atom is -0.387 e. The molecule has 3 N–H and O–H groups in total. The van der Waals surface area contributed by atoms with E-state index in [1.807, 2.05) is 25.1 Å². The van der Waals surface area contributed by atoms with Gasteiger partial charge in [0, 0.05) is 35.7 Å². The Morgan fingerprint density at radius 2 is 1.82 bits per heavy atom. The predicted octanol–water partition coefficient (Wildman–Crippen LogP) is 5.35. The van der Waals surface area contributed by atoms with E-state index in [-0.39, 0.29) is 28.1 Å². The number of aliphatic hydroxyl groups excluding tert-OH is 1. The summed E-state index contributed by atoms with van der Waals surface area (Å²) in [7, 11) is 0. The van der Waals surface area contributed by atoms with Crippen LogP contribution in [0, 0.1) is 5.41 Å². The summed E-state index contributed by atoms with van der Waals surface area (Å²) >= 11 is 12.8. The van der Waals surface area contributed by atoms with Gasteiger partial charge in [0.05, 0.1) is 6.04 Å². The van der Waals surface area contributed by atoms with Crippen molar-refractivity contribution < 1.29 is 9.90 Å². The fourth-order valence-corrected chi connectivity index (χ4v) is 4.87. The number of nitrogens with zero attached hydrogens (tertiary/aromatic N) is 2. The molecule has 7 heteroatoms. The van der Waals surface area contributed by atoms with Gasteiger partial charge < -0.3 is 20.3 Å². The molecule has 2 aromatic rings. The SMILES string of the molecule is CC(Cl)CCC(Cl)Cc1cc([C@H](N(CCCN)C(=O)CO)C(C)(C)C)n(Cc2ccccc2)c1. The van der Waals surface area contributed by atoms with E-state index in [1.165, 1.54) is 5.56 Å². The molecular weight excluding hydrogens is 469 g/mol. The van der Waals surface area contributed by atoms with Gasteiger partial charge in [0.1, 0.15) is 6.61 Å². The van der Waals surface area contributed by atoms with E-state index in [2.05, 4.69) is 49.7 Å². The lowest BCUT2D eigenvalue weighted by molar-refractivity contribution is -0.139. The Morgan fingerprint density at radius 1 is 1.15 bits per heavy atom. The first-order chi connectivity index (χ1) is 16.1. The van der Waals surface area contributed by atoms with Gasteiger partial charge in [-0.05, 0) is 61.8 Å². The molecule has 190 valence electrons. The van der Waals surface area contributed by atoms with E-state index in [9.17, 15) is 9.90 Å². The molecule has 0 fully saturated rings. The van der Waals surface area contributed by atoms with Crippen LogP contribution in [0.4, 0.5) is 0 Å². The van der Waals surface area contributed by atoms with Gasteiger partial charge in [0.15, 0.2) is 0 Å². The summed E-state index contributed by atoms with van der Waals surface area (Å²) in [6, 6.07) is 12.2. The van der Waals surface area contributed by atoms with Crippen molar-refractivity contribution in [2.24, 2.45) is 11.1 Å². The number of rotatable bonds is 13. The van der Waals surface area contributed by atoms with E-state index in [1.54, 1.807) is 4.90 Å². The maximum Gasteiger partial charge on any atom is 0.248 e. The van der Waals surface area contributed by atoms with Gasteiger partial charge in [0.25, 0.3) is 0 Å². The number of hydrogen-bond acceptors (Lipinski definition) is 3. The van der Waals surface area contributed by atoms with Crippen LogP contribution in [0.25, 0.3) is 0 Å². The summed E-state index contributed by atoms with van der Waals surface area (Å²) in [6.07, 6.45) is 5.28. The van der Waals surface area contributed by atoms with Gasteiger partial charge in [-0.2, -0.15) is 0 Å². The number of carbonyl (C=O) groups excluding carboxylic acids is 1. The van der Waals surface area contributed by atoms with Crippen LogP contribution in [-0.2, 0) is 17.8 Å². The first-order valence-corrected chi connectivity index (χ1v) is 13.1. The number of hydrogen-bond donors (Lipinski definition) is 2. The van der Waals surface area contributed by atoms with Crippen molar-refractivity contribution in [1.82, 2.24) is 9.47 Å². The van der Waals surface area contributed by atoms with Crippen LogP contribution < -0.4 is 5.73 Å². The summed E-state index contributed by atoms with van der Waals surface area (Å²) in [5, 5.41) is 9.83. The van der Waals surface area contributed by atoms with E-state index in [0.717, 1.165) is 30.5 Å². The topological polar surface area (TPSA) is 71.5 Å². The van der Waals surface area contributed by atoms with Gasteiger partial charge >= 0.3 is 0 Å². The first-order valence-electron chi connectivity index (χ1n) is 12.2. The Morgan fingerprint density at radius 3 is 2.38 bits per heavy atom. The molecule has 1 amide bonds. The van der Waals surface area contributed by atoms with Crippen molar-refractivity contribution in [3.05, 3.63) is 59.4 Å². The molecular formula is C27H41Cl2N3O2. The number of aromatic nitrogens is 1. The molecule has 3 atom stereocenters. The molecule has 0 bridgehead atoms. The molecule has 0 radical (unpaired) electrons. The molecule has 1 heterocycles. The fourth-order valence-electron chi connectivity index (χ4n) is 4.44. The summed E-state index contributed by atoms with van der Waals surface area (Å²) in [5.41, 5.74) is 8.87. The number of halogens is 2. The lowest BCUT2D eigenvalue weighted by atomic mass is 9.83. The molecule has 5 nitrogen and oxygen atoms in total. The minimum absolute atomic E-state index is 0.0119. The normalized spacial score (nSPS) is 14.6. The highest BCUT2D eigenvalue weighted by molar-refractivity contribution is 6.21. The lowest BCUT2D eigenvalue weighted by Gasteiger charge is -2.41. The third-order valence-electron chi connectivity index (χ3n) is 5.99. The largest absolute Gasteiger partial charge is 0.387 e. The Bertz CT molecular complexity index is 878. The molecule has 1 aromatic heterocycles. The van der Waals surface area contributed by atoms with Crippen LogP contribution in [0.1, 0.15) is 69.8 Å². The zero-order valence-corrected chi connectivity index (χ0v) is 22.5. The second-order valence-electron chi connectivity index (χ2n) is 10.2. The Labute approximate surface area is 215 Å². The Balaban J connectivity index is 2.50. The van der Waals surface area contributed by atoms with Gasteiger partial charge in [-0.1, -0.05) is 51.1 Å². The van der Waals surface area contributed by atoms with Crippen LogP contribution >= 0.6 is 23.2 Å². The van der Waals surface area contributed by atoms with Crippen LogP contribution in [-0.4, -0.2) is 50.9 Å². The molecule has 0 saturated heterocycles. The van der Waals surface area contributed by atoms with Crippen molar-refractivity contribution in [3.8, 4) is 0 Å². The molecule has 2 unspecified atom stereocenters. The van der Waals surface area contributed by atoms with Crippen LogP contribution in [0.15, 0.2) is 42.6 Å². The van der Waals surface area contributed by atoms with E-state index >= 15 is 0 Å². The molecule has 0 spiro atoms. The Hall–Kier alpha value is -1.53. The van der Waals surface area contributed by atoms with Gasteiger partial charge in [-0.25, -0.2) is 0 Å². The summed E-state index contributed by atoms with van der Waals surface area (Å²) in [6.45, 7) is 9.51. The average molecular weight is 511 g/mol. The second-order valence-corrected chi connectivity index (χ2v) is 11.6. The summed E-state index contributed by atoms with van der Waals surface area (Å²) < 4.78 is 2.23. The quantitative estimate of drug-likeness (QED) is 0.357. The molecule has 0 saturated carbocycles. The zero-order chi connectivity index (χ0) is 25.3. The number of carbonyl (C=O) groups is 1. The second kappa shape index (κ2) is 13.5. The number of alkyl halides is 2. The molecule has 2 rings (SSSR count). The predicted molar refractivity (Wildman–Crippen MR) is 143 cm³/mol. The van der Waals surface area contributed by atoms with Crippen molar-refractivity contribution in [1.29, 1.82) is 0 Å². The number of amides is 1. The van der Waals surface area contributed by atoms with Crippen LogP contribution in [0.3, 0.4) is 0 Å². The third kappa shape index (κ3) is 8.60. The third-order valence-corrected chi connectivity index (χ3v) is 6.58. The maximum absolute atomic E-state index is 12.9. The van der Waals surface area contributed by atoms with Crippen LogP contribution in [0.2, 0.25) is 0 Å². The summed E-state index contributed by atoms with van der Waals surface area (Å²) in [4.78, 5) is 14.7. The van der Waals surface area contributed by atoms with Gasteiger partial charge in [-0.15, -0.1) is 23.2 Å². The molecule has 34 heavy (non-hydrogen) atoms. The lowest BCUT2D eigenvalue weighted by Crippen LogP contribution is -2.44. The number of benzene rings is 1. The average Bonchev–Trinajstić information content (AvgIpc) is 3.15. The highest BCUT2D eigenvalue weighted by Gasteiger charge is 2.36. The standard InChI is InChI=1S/C27H41Cl2N3O2/c1-20(28)11-12-23(29)15-22-16-24(31(18-22)17-21-9-6-5-7-10-21)26(27(2,3)4)32(14-8-13-30)25(34)19-33/h5-7,9-10,16,18,20,23,26,33H,8,11-15,17,19,30H2,1-4H3/t20?,23?,26-/m0/s1. The number of nitrogens with two attached hydrogens (primary N) is 1. The van der Waals surface area contributed by atoms with E-state index in [4.69, 9.17) is 28.9 Å². The minimum atomic E-state index is -0.524. The highest BCUT2D eigenvalue weighted by atomic mass is 35.5. The van der Waals surface area contributed by atoms with Gasteiger partial charge in [0.2, 0.25) is 5.91 Å². The smallest absolute Gasteiger partial charge is 0.248 e. The molecule has 0 aliphatic rings. The Kier molecular flexibility index (Phi) is 11.4. The fraction of sp³-hybridized carbons (Fsp3) is 0.593. The highest BCUT2D eigenvalue weighted by Crippen LogP contribution is 2.39. The first kappa shape index (κ1) is 28.7. The summed E-state index contributed by atoms with van der Waals surface area (Å²) in [5.74, 6) is -0.284. The monoisotopic (exact) mass is 509 g/mol.